The summed E-state index contributed by atoms with van der Waals surface area (Å²) < 4.78 is 5.31. The molecule has 0 spiro atoms. The molecule has 1 aromatic heterocycles. The van der Waals surface area contributed by atoms with Crippen molar-refractivity contribution in [3.63, 3.8) is 0 Å². The normalized spacial score (nSPS) is 14.0. The van der Waals surface area contributed by atoms with Crippen LogP contribution >= 0.6 is 12.4 Å². The summed E-state index contributed by atoms with van der Waals surface area (Å²) >= 11 is 0. The molecule has 1 amide bonds. The van der Waals surface area contributed by atoms with Gasteiger partial charge in [-0.1, -0.05) is 36.8 Å². The number of nitrogens with two attached hydrogens (primary N) is 1. The molecule has 5 heteroatoms. The number of hydrogen-bond donors (Lipinski definition) is 1. The highest BCUT2D eigenvalue weighted by Crippen LogP contribution is 2.28. The van der Waals surface area contributed by atoms with Crippen LogP contribution in [0.1, 0.15) is 40.9 Å². The molecule has 0 saturated heterocycles. The quantitative estimate of drug-likeness (QED) is 0.878. The number of amides is 1. The van der Waals surface area contributed by atoms with Gasteiger partial charge in [-0.3, -0.25) is 4.79 Å². The topological polar surface area (TPSA) is 59.5 Å². The summed E-state index contributed by atoms with van der Waals surface area (Å²) in [6, 6.07) is 11.9. The van der Waals surface area contributed by atoms with E-state index in [9.17, 15) is 4.79 Å². The van der Waals surface area contributed by atoms with E-state index in [1.807, 2.05) is 23.1 Å². The molecule has 2 N–H and O–H groups in total. The molecule has 0 unspecified atom stereocenters. The van der Waals surface area contributed by atoms with Crippen LogP contribution in [0.4, 0.5) is 0 Å². The molecule has 3 rings (SSSR count). The SMILES string of the molecule is Cl.NCc1cc(C(=O)N(Cc2ccccc2)CC2CCC2)co1. The van der Waals surface area contributed by atoms with Crippen molar-refractivity contribution in [2.75, 3.05) is 6.54 Å². The van der Waals surface area contributed by atoms with Gasteiger partial charge in [-0.2, -0.15) is 0 Å². The Morgan fingerprint density at radius 3 is 2.57 bits per heavy atom. The fourth-order valence-electron chi connectivity index (χ4n) is 2.79. The zero-order chi connectivity index (χ0) is 15.4. The average Bonchev–Trinajstić information content (AvgIpc) is 2.99. The first kappa shape index (κ1) is 17.6. The summed E-state index contributed by atoms with van der Waals surface area (Å²) in [5, 5.41) is 0. The van der Waals surface area contributed by atoms with Gasteiger partial charge in [-0.25, -0.2) is 0 Å². The number of carbonyl (C=O) groups is 1. The number of carbonyl (C=O) groups excluding carboxylic acids is 1. The van der Waals surface area contributed by atoms with Gasteiger partial charge in [-0.15, -0.1) is 12.4 Å². The third-order valence-electron chi connectivity index (χ3n) is 4.31. The van der Waals surface area contributed by atoms with E-state index in [0.717, 1.165) is 12.1 Å². The Kier molecular flexibility index (Phi) is 6.25. The summed E-state index contributed by atoms with van der Waals surface area (Å²) in [4.78, 5) is 14.7. The van der Waals surface area contributed by atoms with Crippen LogP contribution in [0, 0.1) is 5.92 Å². The van der Waals surface area contributed by atoms with Gasteiger partial charge in [0.1, 0.15) is 12.0 Å². The number of nitrogens with zero attached hydrogens (tertiary/aromatic N) is 1. The molecular formula is C18H23ClN2O2. The van der Waals surface area contributed by atoms with E-state index in [4.69, 9.17) is 10.2 Å². The second kappa shape index (κ2) is 8.18. The molecule has 1 saturated carbocycles. The molecule has 23 heavy (non-hydrogen) atoms. The standard InChI is InChI=1S/C18H22N2O2.ClH/c19-10-17-9-16(13-22-17)18(21)20(12-15-7-4-8-15)11-14-5-2-1-3-6-14;/h1-3,5-6,9,13,15H,4,7-8,10-12,19H2;1H. The second-order valence-electron chi connectivity index (χ2n) is 5.97. The van der Waals surface area contributed by atoms with Crippen molar-refractivity contribution in [1.82, 2.24) is 4.90 Å². The fraction of sp³-hybridized carbons (Fsp3) is 0.389. The predicted octanol–water partition coefficient (Wildman–Crippen LogP) is 3.60. The first-order valence-electron chi connectivity index (χ1n) is 7.87. The summed E-state index contributed by atoms with van der Waals surface area (Å²) in [5.74, 6) is 1.31. The Balaban J connectivity index is 0.00000192. The zero-order valence-corrected chi connectivity index (χ0v) is 13.9. The molecular weight excluding hydrogens is 312 g/mol. The maximum Gasteiger partial charge on any atom is 0.257 e. The molecule has 1 heterocycles. The summed E-state index contributed by atoms with van der Waals surface area (Å²) in [6.07, 6.45) is 5.24. The Morgan fingerprint density at radius 1 is 1.26 bits per heavy atom. The van der Waals surface area contributed by atoms with Crippen molar-refractivity contribution < 1.29 is 9.21 Å². The second-order valence-corrected chi connectivity index (χ2v) is 5.97. The van der Waals surface area contributed by atoms with Gasteiger partial charge in [0.2, 0.25) is 0 Å². The van der Waals surface area contributed by atoms with Crippen LogP contribution < -0.4 is 5.73 Å². The first-order valence-corrected chi connectivity index (χ1v) is 7.87. The van der Waals surface area contributed by atoms with Gasteiger partial charge in [0.15, 0.2) is 0 Å². The van der Waals surface area contributed by atoms with E-state index in [-0.39, 0.29) is 18.3 Å². The highest BCUT2D eigenvalue weighted by molar-refractivity contribution is 5.94. The van der Waals surface area contributed by atoms with E-state index >= 15 is 0 Å². The van der Waals surface area contributed by atoms with Crippen molar-refractivity contribution in [3.8, 4) is 0 Å². The Morgan fingerprint density at radius 2 is 2.00 bits per heavy atom. The lowest BCUT2D eigenvalue weighted by Crippen LogP contribution is -2.36. The van der Waals surface area contributed by atoms with Gasteiger partial charge in [-0.05, 0) is 30.4 Å². The summed E-state index contributed by atoms with van der Waals surface area (Å²) in [7, 11) is 0. The number of hydrogen-bond acceptors (Lipinski definition) is 3. The molecule has 1 aromatic carbocycles. The highest BCUT2D eigenvalue weighted by Gasteiger charge is 2.25. The Labute approximate surface area is 143 Å². The third-order valence-corrected chi connectivity index (χ3v) is 4.31. The van der Waals surface area contributed by atoms with Crippen molar-refractivity contribution in [3.05, 3.63) is 59.5 Å². The van der Waals surface area contributed by atoms with Gasteiger partial charge in [0.05, 0.1) is 12.1 Å². The lowest BCUT2D eigenvalue weighted by atomic mass is 9.85. The molecule has 1 aliphatic rings. The predicted molar refractivity (Wildman–Crippen MR) is 92.4 cm³/mol. The average molecular weight is 335 g/mol. The maximum atomic E-state index is 12.8. The van der Waals surface area contributed by atoms with E-state index in [1.165, 1.54) is 25.5 Å². The largest absolute Gasteiger partial charge is 0.467 e. The van der Waals surface area contributed by atoms with E-state index in [2.05, 4.69) is 12.1 Å². The van der Waals surface area contributed by atoms with E-state index in [0.29, 0.717) is 30.3 Å². The first-order chi connectivity index (χ1) is 10.8. The number of benzene rings is 1. The van der Waals surface area contributed by atoms with Crippen LogP contribution in [0.15, 0.2) is 47.1 Å². The molecule has 0 aliphatic heterocycles. The zero-order valence-electron chi connectivity index (χ0n) is 13.1. The number of furan rings is 1. The monoisotopic (exact) mass is 334 g/mol. The lowest BCUT2D eigenvalue weighted by molar-refractivity contribution is 0.0679. The van der Waals surface area contributed by atoms with Crippen LogP contribution in [0.2, 0.25) is 0 Å². The van der Waals surface area contributed by atoms with Crippen molar-refractivity contribution >= 4 is 18.3 Å². The molecule has 0 bridgehead atoms. The molecule has 124 valence electrons. The Hall–Kier alpha value is -1.78. The molecule has 0 atom stereocenters. The number of rotatable bonds is 6. The van der Waals surface area contributed by atoms with Crippen LogP contribution in [-0.4, -0.2) is 17.4 Å². The van der Waals surface area contributed by atoms with Crippen molar-refractivity contribution in [2.45, 2.75) is 32.4 Å². The Bertz CT molecular complexity index is 623. The van der Waals surface area contributed by atoms with E-state index < -0.39 is 0 Å². The van der Waals surface area contributed by atoms with Gasteiger partial charge < -0.3 is 15.1 Å². The van der Waals surface area contributed by atoms with Crippen LogP contribution in [0.25, 0.3) is 0 Å². The van der Waals surface area contributed by atoms with Crippen LogP contribution in [0.5, 0.6) is 0 Å². The van der Waals surface area contributed by atoms with Crippen molar-refractivity contribution in [1.29, 1.82) is 0 Å². The fourth-order valence-corrected chi connectivity index (χ4v) is 2.79. The van der Waals surface area contributed by atoms with Crippen molar-refractivity contribution in [2.24, 2.45) is 11.7 Å². The minimum atomic E-state index is 0. The molecule has 1 aliphatic carbocycles. The number of halogens is 1. The highest BCUT2D eigenvalue weighted by atomic mass is 35.5. The summed E-state index contributed by atoms with van der Waals surface area (Å²) in [6.45, 7) is 1.77. The molecule has 1 fully saturated rings. The van der Waals surface area contributed by atoms with Crippen LogP contribution in [-0.2, 0) is 13.1 Å². The van der Waals surface area contributed by atoms with E-state index in [1.54, 1.807) is 6.07 Å². The minimum Gasteiger partial charge on any atom is -0.467 e. The van der Waals surface area contributed by atoms with Gasteiger partial charge >= 0.3 is 0 Å². The molecule has 2 aromatic rings. The summed E-state index contributed by atoms with van der Waals surface area (Å²) in [5.41, 5.74) is 7.30. The smallest absolute Gasteiger partial charge is 0.257 e. The minimum absolute atomic E-state index is 0. The van der Waals surface area contributed by atoms with Crippen LogP contribution in [0.3, 0.4) is 0 Å². The maximum absolute atomic E-state index is 12.8. The van der Waals surface area contributed by atoms with Gasteiger partial charge in [0, 0.05) is 13.1 Å². The molecule has 4 nitrogen and oxygen atoms in total. The lowest BCUT2D eigenvalue weighted by Gasteiger charge is -2.32. The molecule has 0 radical (unpaired) electrons. The van der Waals surface area contributed by atoms with Gasteiger partial charge in [0.25, 0.3) is 5.91 Å². The third kappa shape index (κ3) is 4.36.